The summed E-state index contributed by atoms with van der Waals surface area (Å²) in [5.41, 5.74) is 0.656. The highest BCUT2D eigenvalue weighted by Gasteiger charge is 2.51. The fourth-order valence-electron chi connectivity index (χ4n) is 3.78. The first-order valence-corrected chi connectivity index (χ1v) is 10.5. The normalized spacial score (nSPS) is 16.9. The fraction of sp³-hybridized carbons (Fsp3) is 0.217. The highest BCUT2D eigenvalue weighted by atomic mass is 19.1. The number of halogens is 1. The lowest BCUT2D eigenvalue weighted by molar-refractivity contribution is -0.152. The number of fused-ring (bicyclic) bond motifs is 1. The summed E-state index contributed by atoms with van der Waals surface area (Å²) in [6.07, 6.45) is 2.84. The van der Waals surface area contributed by atoms with Gasteiger partial charge in [0.25, 0.3) is 0 Å². The minimum atomic E-state index is -1.54. The van der Waals surface area contributed by atoms with Gasteiger partial charge in [0.15, 0.2) is 11.2 Å². The Labute approximate surface area is 192 Å². The van der Waals surface area contributed by atoms with E-state index >= 15 is 0 Å². The molecule has 1 atom stereocenters. The van der Waals surface area contributed by atoms with Crippen LogP contribution < -0.4 is 5.32 Å². The van der Waals surface area contributed by atoms with Crippen LogP contribution in [0.25, 0.3) is 22.9 Å². The van der Waals surface area contributed by atoms with E-state index in [1.165, 1.54) is 25.5 Å². The number of esters is 1. The van der Waals surface area contributed by atoms with Crippen molar-refractivity contribution < 1.29 is 23.2 Å². The maximum atomic E-state index is 14.3. The third-order valence-corrected chi connectivity index (χ3v) is 5.68. The van der Waals surface area contributed by atoms with Crippen molar-refractivity contribution in [2.45, 2.75) is 25.8 Å². The smallest absolute Gasteiger partial charge is 0.326 e. The molecule has 0 fully saturated rings. The second-order valence-corrected chi connectivity index (χ2v) is 7.80. The number of benzene rings is 1. The van der Waals surface area contributed by atoms with Gasteiger partial charge in [-0.1, -0.05) is 23.4 Å². The lowest BCUT2D eigenvalue weighted by atomic mass is 9.85. The Morgan fingerprint density at radius 2 is 2.09 bits per heavy atom. The van der Waals surface area contributed by atoms with Gasteiger partial charge in [-0.05, 0) is 26.0 Å². The quantitative estimate of drug-likeness (QED) is 0.343. The van der Waals surface area contributed by atoms with Crippen LogP contribution >= 0.6 is 0 Å². The van der Waals surface area contributed by atoms with E-state index in [0.29, 0.717) is 28.2 Å². The van der Waals surface area contributed by atoms with Gasteiger partial charge in [0.05, 0.1) is 18.8 Å². The maximum Gasteiger partial charge on any atom is 0.326 e. The van der Waals surface area contributed by atoms with Crippen molar-refractivity contribution in [1.82, 2.24) is 24.9 Å². The van der Waals surface area contributed by atoms with Crippen LogP contribution in [0.5, 0.6) is 0 Å². The Balaban J connectivity index is 1.55. The van der Waals surface area contributed by atoms with E-state index in [1.807, 2.05) is 0 Å². The van der Waals surface area contributed by atoms with E-state index in [2.05, 4.69) is 25.5 Å². The molecule has 0 radical (unpaired) electrons. The van der Waals surface area contributed by atoms with Gasteiger partial charge in [-0.3, -0.25) is 14.3 Å². The fourth-order valence-corrected chi connectivity index (χ4v) is 3.78. The summed E-state index contributed by atoms with van der Waals surface area (Å²) < 4.78 is 25.9. The molecule has 34 heavy (non-hydrogen) atoms. The second-order valence-electron chi connectivity index (χ2n) is 7.80. The van der Waals surface area contributed by atoms with E-state index in [1.54, 1.807) is 41.9 Å². The molecular formula is C23H19FN6O4. The lowest BCUT2D eigenvalue weighted by Crippen LogP contribution is -2.40. The Morgan fingerprint density at radius 1 is 1.26 bits per heavy atom. The molecule has 1 amide bonds. The molecule has 1 N–H and O–H groups in total. The van der Waals surface area contributed by atoms with E-state index in [0.717, 1.165) is 0 Å². The average molecular weight is 462 g/mol. The highest BCUT2D eigenvalue weighted by molar-refractivity contribution is 6.18. The molecule has 1 unspecified atom stereocenters. The van der Waals surface area contributed by atoms with Crippen LogP contribution in [0, 0.1) is 5.82 Å². The average Bonchev–Trinajstić information content (AvgIpc) is 3.55. The number of nitrogens with one attached hydrogen (secondary N) is 1. The van der Waals surface area contributed by atoms with Crippen LogP contribution in [0.1, 0.15) is 25.0 Å². The van der Waals surface area contributed by atoms with E-state index in [-0.39, 0.29) is 30.6 Å². The molecule has 1 aliphatic heterocycles. The lowest BCUT2D eigenvalue weighted by Gasteiger charge is -2.18. The summed E-state index contributed by atoms with van der Waals surface area (Å²) in [6, 6.07) is 9.76. The Bertz CT molecular complexity index is 1400. The molecular weight excluding hydrogens is 443 g/mol. The number of carbonyl (C=O) groups is 2. The number of carbonyl (C=O) groups excluding carboxylic acids is 2. The van der Waals surface area contributed by atoms with Gasteiger partial charge in [-0.25, -0.2) is 14.4 Å². The van der Waals surface area contributed by atoms with Crippen molar-refractivity contribution in [2.75, 3.05) is 11.9 Å². The summed E-state index contributed by atoms with van der Waals surface area (Å²) >= 11 is 0. The summed E-state index contributed by atoms with van der Waals surface area (Å²) in [6.45, 7) is 3.41. The van der Waals surface area contributed by atoms with Crippen LogP contribution in [0.4, 0.5) is 10.2 Å². The van der Waals surface area contributed by atoms with Crippen LogP contribution in [-0.4, -0.2) is 43.4 Å². The molecule has 1 aliphatic rings. The van der Waals surface area contributed by atoms with Crippen LogP contribution in [-0.2, 0) is 26.3 Å². The Hall–Kier alpha value is -4.41. The van der Waals surface area contributed by atoms with Crippen molar-refractivity contribution in [3.8, 4) is 22.9 Å². The third kappa shape index (κ3) is 3.41. The topological polar surface area (TPSA) is 125 Å². The van der Waals surface area contributed by atoms with Crippen LogP contribution in [0.2, 0.25) is 0 Å². The predicted octanol–water partition coefficient (Wildman–Crippen LogP) is 2.96. The molecule has 0 spiro atoms. The number of amides is 1. The number of hydrogen-bond donors (Lipinski definition) is 1. The molecule has 3 aromatic heterocycles. The first-order chi connectivity index (χ1) is 16.4. The molecule has 0 saturated carbocycles. The molecule has 10 nitrogen and oxygen atoms in total. The zero-order valence-corrected chi connectivity index (χ0v) is 18.3. The molecule has 0 saturated heterocycles. The van der Waals surface area contributed by atoms with Crippen molar-refractivity contribution in [3.63, 3.8) is 0 Å². The van der Waals surface area contributed by atoms with Crippen LogP contribution in [0.3, 0.4) is 0 Å². The first kappa shape index (κ1) is 21.4. The SMILES string of the molecule is CCOC(=O)C1(C)C(=O)Nc2nc(-c3cc(-c4ccon4)n(Cc4ccccc4F)n3)ncc21. The number of aromatic nitrogens is 5. The summed E-state index contributed by atoms with van der Waals surface area (Å²) in [5.74, 6) is -1.16. The number of nitrogens with zero attached hydrogens (tertiary/aromatic N) is 5. The number of rotatable bonds is 6. The number of hydrogen-bond acceptors (Lipinski definition) is 8. The van der Waals surface area contributed by atoms with E-state index in [9.17, 15) is 14.0 Å². The van der Waals surface area contributed by atoms with Crippen molar-refractivity contribution >= 4 is 17.7 Å². The standard InChI is InChI=1S/C23H19FN6O4/c1-3-33-22(32)23(2)14-11-25-20(26-19(14)27-21(23)31)17-10-18(16-8-9-34-29-16)30(28-17)12-13-6-4-5-7-15(13)24/h4-11H,3,12H2,1-2H3,(H,25,26,27,31). The molecule has 5 rings (SSSR count). The minimum Gasteiger partial charge on any atom is -0.465 e. The zero-order valence-electron chi connectivity index (χ0n) is 18.3. The molecule has 4 heterocycles. The van der Waals surface area contributed by atoms with Gasteiger partial charge in [-0.2, -0.15) is 5.10 Å². The minimum absolute atomic E-state index is 0.136. The van der Waals surface area contributed by atoms with E-state index < -0.39 is 17.3 Å². The van der Waals surface area contributed by atoms with Crippen molar-refractivity contribution in [1.29, 1.82) is 0 Å². The first-order valence-electron chi connectivity index (χ1n) is 10.5. The second kappa shape index (κ2) is 8.18. The molecule has 172 valence electrons. The van der Waals surface area contributed by atoms with Crippen LogP contribution in [0.15, 0.2) is 53.4 Å². The number of ether oxygens (including phenoxy) is 1. The van der Waals surface area contributed by atoms with Gasteiger partial charge in [0.1, 0.15) is 29.3 Å². The van der Waals surface area contributed by atoms with Gasteiger partial charge >= 0.3 is 5.97 Å². The van der Waals surface area contributed by atoms with Gasteiger partial charge < -0.3 is 14.6 Å². The molecule has 0 aliphatic carbocycles. The van der Waals surface area contributed by atoms with Gasteiger partial charge in [0.2, 0.25) is 5.91 Å². The largest absolute Gasteiger partial charge is 0.465 e. The molecule has 4 aromatic rings. The highest BCUT2D eigenvalue weighted by Crippen LogP contribution is 2.38. The maximum absolute atomic E-state index is 14.3. The van der Waals surface area contributed by atoms with Gasteiger partial charge in [-0.15, -0.1) is 0 Å². The third-order valence-electron chi connectivity index (χ3n) is 5.68. The Kier molecular flexibility index (Phi) is 5.16. The molecule has 1 aromatic carbocycles. The summed E-state index contributed by atoms with van der Waals surface area (Å²) in [4.78, 5) is 33.9. The van der Waals surface area contributed by atoms with Gasteiger partial charge in [0, 0.05) is 23.4 Å². The summed E-state index contributed by atoms with van der Waals surface area (Å²) in [7, 11) is 0. The molecule has 0 bridgehead atoms. The van der Waals surface area contributed by atoms with Crippen molar-refractivity contribution in [2.24, 2.45) is 0 Å². The number of anilines is 1. The molecule has 11 heteroatoms. The van der Waals surface area contributed by atoms with E-state index in [4.69, 9.17) is 9.26 Å². The van der Waals surface area contributed by atoms with Crippen molar-refractivity contribution in [3.05, 3.63) is 65.8 Å². The zero-order chi connectivity index (χ0) is 23.9. The monoisotopic (exact) mass is 462 g/mol. The predicted molar refractivity (Wildman–Crippen MR) is 117 cm³/mol. The summed E-state index contributed by atoms with van der Waals surface area (Å²) in [5, 5.41) is 11.2. The Morgan fingerprint density at radius 3 is 2.82 bits per heavy atom.